The summed E-state index contributed by atoms with van der Waals surface area (Å²) in [5.41, 5.74) is 1.75. The molecule has 4 heteroatoms. The van der Waals surface area contributed by atoms with Crippen LogP contribution in [0.1, 0.15) is 15.9 Å². The SMILES string of the molecule is COc1ccc(C(=O)O)cc1NCC#Cc1ccccc1. The molecular weight excluding hydrogens is 266 g/mol. The average Bonchev–Trinajstić information content (AvgIpc) is 2.52. The van der Waals surface area contributed by atoms with Gasteiger partial charge in [-0.2, -0.15) is 0 Å². The van der Waals surface area contributed by atoms with Gasteiger partial charge in [0.25, 0.3) is 0 Å². The molecule has 0 aliphatic rings. The van der Waals surface area contributed by atoms with Gasteiger partial charge in [-0.05, 0) is 30.3 Å². The van der Waals surface area contributed by atoms with Crippen LogP contribution in [-0.2, 0) is 0 Å². The quantitative estimate of drug-likeness (QED) is 0.846. The minimum absolute atomic E-state index is 0.203. The van der Waals surface area contributed by atoms with E-state index in [1.165, 1.54) is 19.2 Å². The molecular formula is C17H15NO3. The van der Waals surface area contributed by atoms with Gasteiger partial charge < -0.3 is 15.2 Å². The maximum atomic E-state index is 11.0. The van der Waals surface area contributed by atoms with Crippen LogP contribution < -0.4 is 10.1 Å². The average molecular weight is 281 g/mol. The van der Waals surface area contributed by atoms with Crippen LogP contribution in [0.4, 0.5) is 5.69 Å². The Kier molecular flexibility index (Phi) is 4.84. The largest absolute Gasteiger partial charge is 0.495 e. The Bertz CT molecular complexity index is 684. The molecule has 0 bridgehead atoms. The van der Waals surface area contributed by atoms with E-state index in [9.17, 15) is 4.79 Å². The van der Waals surface area contributed by atoms with E-state index in [4.69, 9.17) is 9.84 Å². The van der Waals surface area contributed by atoms with E-state index in [0.717, 1.165) is 5.56 Å². The number of rotatable bonds is 4. The van der Waals surface area contributed by atoms with Crippen molar-refractivity contribution in [1.82, 2.24) is 0 Å². The molecule has 21 heavy (non-hydrogen) atoms. The number of carboxylic acid groups (broad SMARTS) is 1. The summed E-state index contributed by atoms with van der Waals surface area (Å²) in [6, 6.07) is 14.3. The molecule has 0 aromatic heterocycles. The molecule has 2 rings (SSSR count). The second-order valence-electron chi connectivity index (χ2n) is 4.24. The van der Waals surface area contributed by atoms with Crippen LogP contribution in [0, 0.1) is 11.8 Å². The smallest absolute Gasteiger partial charge is 0.335 e. The van der Waals surface area contributed by atoms with Crippen LogP contribution >= 0.6 is 0 Å². The van der Waals surface area contributed by atoms with Gasteiger partial charge >= 0.3 is 5.97 Å². The second kappa shape index (κ2) is 7.01. The molecule has 0 amide bonds. The van der Waals surface area contributed by atoms with Crippen molar-refractivity contribution in [3.05, 3.63) is 59.7 Å². The summed E-state index contributed by atoms with van der Waals surface area (Å²) in [6.45, 7) is 0.397. The van der Waals surface area contributed by atoms with Crippen molar-refractivity contribution < 1.29 is 14.6 Å². The summed E-state index contributed by atoms with van der Waals surface area (Å²) in [6.07, 6.45) is 0. The van der Waals surface area contributed by atoms with Crippen molar-refractivity contribution in [2.24, 2.45) is 0 Å². The summed E-state index contributed by atoms with van der Waals surface area (Å²) in [7, 11) is 1.54. The second-order valence-corrected chi connectivity index (χ2v) is 4.24. The summed E-state index contributed by atoms with van der Waals surface area (Å²) >= 11 is 0. The number of hydrogen-bond acceptors (Lipinski definition) is 3. The Hall–Kier alpha value is -2.93. The van der Waals surface area contributed by atoms with Crippen LogP contribution in [0.25, 0.3) is 0 Å². The fourth-order valence-electron chi connectivity index (χ4n) is 1.79. The van der Waals surface area contributed by atoms with Gasteiger partial charge in [0, 0.05) is 5.56 Å². The summed E-state index contributed by atoms with van der Waals surface area (Å²) in [4.78, 5) is 11.0. The summed E-state index contributed by atoms with van der Waals surface area (Å²) in [5.74, 6) is 5.62. The van der Waals surface area contributed by atoms with Crippen molar-refractivity contribution >= 4 is 11.7 Å². The van der Waals surface area contributed by atoms with Crippen molar-refractivity contribution in [3.8, 4) is 17.6 Å². The number of ether oxygens (including phenoxy) is 1. The first kappa shape index (κ1) is 14.5. The van der Waals surface area contributed by atoms with E-state index in [2.05, 4.69) is 17.2 Å². The van der Waals surface area contributed by atoms with E-state index >= 15 is 0 Å². The molecule has 0 aliphatic carbocycles. The zero-order chi connectivity index (χ0) is 15.1. The number of nitrogens with one attached hydrogen (secondary N) is 1. The van der Waals surface area contributed by atoms with Gasteiger partial charge in [-0.15, -0.1) is 0 Å². The van der Waals surface area contributed by atoms with E-state index in [1.807, 2.05) is 30.3 Å². The Labute approximate surface area is 123 Å². The Morgan fingerprint density at radius 1 is 1.24 bits per heavy atom. The molecule has 0 fully saturated rings. The summed E-state index contributed by atoms with van der Waals surface area (Å²) in [5, 5.41) is 12.1. The number of carboxylic acids is 1. The lowest BCUT2D eigenvalue weighted by atomic mass is 10.2. The molecule has 0 atom stereocenters. The number of methoxy groups -OCH3 is 1. The van der Waals surface area contributed by atoms with E-state index in [0.29, 0.717) is 18.0 Å². The van der Waals surface area contributed by atoms with Gasteiger partial charge in [0.1, 0.15) is 5.75 Å². The first-order chi connectivity index (χ1) is 10.2. The predicted molar refractivity (Wildman–Crippen MR) is 81.8 cm³/mol. The molecule has 0 unspecified atom stereocenters. The number of hydrogen-bond donors (Lipinski definition) is 2. The van der Waals surface area contributed by atoms with E-state index < -0.39 is 5.97 Å². The normalized spacial score (nSPS) is 9.38. The molecule has 4 nitrogen and oxygen atoms in total. The summed E-state index contributed by atoms with van der Waals surface area (Å²) < 4.78 is 5.19. The monoisotopic (exact) mass is 281 g/mol. The molecule has 0 radical (unpaired) electrons. The van der Waals surface area contributed by atoms with Gasteiger partial charge in [0.05, 0.1) is 24.9 Å². The minimum Gasteiger partial charge on any atom is -0.495 e. The molecule has 0 saturated carbocycles. The third-order valence-electron chi connectivity index (χ3n) is 2.82. The van der Waals surface area contributed by atoms with Gasteiger partial charge in [0.15, 0.2) is 0 Å². The highest BCUT2D eigenvalue weighted by molar-refractivity contribution is 5.89. The molecule has 0 saturated heterocycles. The van der Waals surface area contributed by atoms with Gasteiger partial charge in [0.2, 0.25) is 0 Å². The number of benzene rings is 2. The fraction of sp³-hybridized carbons (Fsp3) is 0.118. The fourth-order valence-corrected chi connectivity index (χ4v) is 1.79. The molecule has 2 aromatic carbocycles. The highest BCUT2D eigenvalue weighted by Gasteiger charge is 2.07. The van der Waals surface area contributed by atoms with E-state index in [-0.39, 0.29) is 5.56 Å². The van der Waals surface area contributed by atoms with Crippen molar-refractivity contribution in [3.63, 3.8) is 0 Å². The van der Waals surface area contributed by atoms with Crippen molar-refractivity contribution in [2.45, 2.75) is 0 Å². The molecule has 0 heterocycles. The van der Waals surface area contributed by atoms with Crippen LogP contribution in [0.15, 0.2) is 48.5 Å². The predicted octanol–water partition coefficient (Wildman–Crippen LogP) is 2.86. The molecule has 0 spiro atoms. The van der Waals surface area contributed by atoms with Gasteiger partial charge in [-0.3, -0.25) is 0 Å². The molecule has 0 aliphatic heterocycles. The van der Waals surface area contributed by atoms with Crippen LogP contribution in [0.2, 0.25) is 0 Å². The molecule has 2 N–H and O–H groups in total. The number of carbonyl (C=O) groups is 1. The lowest BCUT2D eigenvalue weighted by Gasteiger charge is -2.09. The van der Waals surface area contributed by atoms with Gasteiger partial charge in [-0.25, -0.2) is 4.79 Å². The Balaban J connectivity index is 2.07. The molecule has 106 valence electrons. The lowest BCUT2D eigenvalue weighted by Crippen LogP contribution is -2.04. The molecule has 2 aromatic rings. The minimum atomic E-state index is -0.976. The third-order valence-corrected chi connectivity index (χ3v) is 2.82. The zero-order valence-electron chi connectivity index (χ0n) is 11.6. The maximum Gasteiger partial charge on any atom is 0.335 e. The first-order valence-electron chi connectivity index (χ1n) is 6.40. The highest BCUT2D eigenvalue weighted by atomic mass is 16.5. The third kappa shape index (κ3) is 4.02. The number of anilines is 1. The van der Waals surface area contributed by atoms with Gasteiger partial charge in [-0.1, -0.05) is 30.0 Å². The standard InChI is InChI=1S/C17H15NO3/c1-21-16-10-9-14(17(19)20)12-15(16)18-11-5-8-13-6-3-2-4-7-13/h2-4,6-7,9-10,12,18H,11H2,1H3,(H,19,20). The Morgan fingerprint density at radius 3 is 2.67 bits per heavy atom. The van der Waals surface area contributed by atoms with Crippen molar-refractivity contribution in [1.29, 1.82) is 0 Å². The van der Waals surface area contributed by atoms with Crippen LogP contribution in [0.3, 0.4) is 0 Å². The topological polar surface area (TPSA) is 58.6 Å². The number of aromatic carboxylic acids is 1. The van der Waals surface area contributed by atoms with E-state index in [1.54, 1.807) is 6.07 Å². The first-order valence-corrected chi connectivity index (χ1v) is 6.40. The zero-order valence-corrected chi connectivity index (χ0v) is 11.6. The maximum absolute atomic E-state index is 11.0. The highest BCUT2D eigenvalue weighted by Crippen LogP contribution is 2.25. The Morgan fingerprint density at radius 2 is 2.00 bits per heavy atom. The van der Waals surface area contributed by atoms with Crippen LogP contribution in [-0.4, -0.2) is 24.7 Å². The van der Waals surface area contributed by atoms with Crippen LogP contribution in [0.5, 0.6) is 5.75 Å². The van der Waals surface area contributed by atoms with Crippen molar-refractivity contribution in [2.75, 3.05) is 19.0 Å². The lowest BCUT2D eigenvalue weighted by molar-refractivity contribution is 0.0697.